The summed E-state index contributed by atoms with van der Waals surface area (Å²) >= 11 is 1.35. The molecule has 0 spiro atoms. The SMILES string of the molecule is Cc1nnc(S[C@H](C)C(=O)Nc2ccccc2C#N)n1Cc1ccccc1. The fraction of sp³-hybridized carbons (Fsp3) is 0.200. The first-order chi connectivity index (χ1) is 13.1. The van der Waals surface area contributed by atoms with Crippen molar-refractivity contribution in [2.24, 2.45) is 0 Å². The number of aryl methyl sites for hydroxylation is 1. The predicted octanol–water partition coefficient (Wildman–Crippen LogP) is 3.63. The number of nitrogens with one attached hydrogen (secondary N) is 1. The maximum atomic E-state index is 12.6. The molecule has 1 aromatic heterocycles. The number of thioether (sulfide) groups is 1. The van der Waals surface area contributed by atoms with E-state index in [1.54, 1.807) is 24.3 Å². The second kappa shape index (κ2) is 8.52. The maximum absolute atomic E-state index is 12.6. The summed E-state index contributed by atoms with van der Waals surface area (Å²) in [5.41, 5.74) is 2.09. The molecule has 1 atom stereocenters. The zero-order valence-electron chi connectivity index (χ0n) is 15.1. The van der Waals surface area contributed by atoms with Crippen LogP contribution in [0.4, 0.5) is 5.69 Å². The Kier molecular flexibility index (Phi) is 5.89. The second-order valence-electron chi connectivity index (χ2n) is 6.01. The zero-order valence-corrected chi connectivity index (χ0v) is 15.9. The van der Waals surface area contributed by atoms with E-state index in [1.807, 2.05) is 48.7 Å². The number of hydrogen-bond acceptors (Lipinski definition) is 5. The van der Waals surface area contributed by atoms with Crippen molar-refractivity contribution >= 4 is 23.4 Å². The van der Waals surface area contributed by atoms with Crippen LogP contribution in [0.25, 0.3) is 0 Å². The average molecular weight is 377 g/mol. The lowest BCUT2D eigenvalue weighted by Gasteiger charge is -2.14. The summed E-state index contributed by atoms with van der Waals surface area (Å²) < 4.78 is 1.99. The number of carbonyl (C=O) groups excluding carboxylic acids is 1. The van der Waals surface area contributed by atoms with Gasteiger partial charge < -0.3 is 9.88 Å². The van der Waals surface area contributed by atoms with Crippen molar-refractivity contribution in [2.75, 3.05) is 5.32 Å². The molecule has 1 amide bonds. The highest BCUT2D eigenvalue weighted by Crippen LogP contribution is 2.25. The number of para-hydroxylation sites is 1. The highest BCUT2D eigenvalue weighted by atomic mass is 32.2. The minimum atomic E-state index is -0.394. The monoisotopic (exact) mass is 377 g/mol. The molecule has 6 nitrogen and oxygen atoms in total. The number of benzene rings is 2. The van der Waals surface area contributed by atoms with E-state index < -0.39 is 5.25 Å². The maximum Gasteiger partial charge on any atom is 0.237 e. The zero-order chi connectivity index (χ0) is 19.2. The lowest BCUT2D eigenvalue weighted by molar-refractivity contribution is -0.115. The number of hydrogen-bond donors (Lipinski definition) is 1. The van der Waals surface area contributed by atoms with Crippen LogP contribution in [0.15, 0.2) is 59.8 Å². The fourth-order valence-corrected chi connectivity index (χ4v) is 3.43. The van der Waals surface area contributed by atoms with E-state index in [0.717, 1.165) is 11.4 Å². The van der Waals surface area contributed by atoms with Gasteiger partial charge in [-0.1, -0.05) is 54.2 Å². The predicted molar refractivity (Wildman–Crippen MR) is 105 cm³/mol. The number of aromatic nitrogens is 3. The van der Waals surface area contributed by atoms with Crippen LogP contribution < -0.4 is 5.32 Å². The fourth-order valence-electron chi connectivity index (χ4n) is 2.53. The Morgan fingerprint density at radius 2 is 1.89 bits per heavy atom. The van der Waals surface area contributed by atoms with Crippen molar-refractivity contribution in [1.82, 2.24) is 14.8 Å². The lowest BCUT2D eigenvalue weighted by Crippen LogP contribution is -2.23. The van der Waals surface area contributed by atoms with Crippen molar-refractivity contribution in [1.29, 1.82) is 5.26 Å². The molecule has 1 N–H and O–H groups in total. The lowest BCUT2D eigenvalue weighted by atomic mass is 10.2. The van der Waals surface area contributed by atoms with Crippen LogP contribution in [0.1, 0.15) is 23.9 Å². The molecular weight excluding hydrogens is 358 g/mol. The molecule has 1 heterocycles. The van der Waals surface area contributed by atoms with Crippen molar-refractivity contribution in [3.63, 3.8) is 0 Å². The van der Waals surface area contributed by atoms with E-state index in [1.165, 1.54) is 11.8 Å². The Labute approximate surface area is 162 Å². The van der Waals surface area contributed by atoms with Crippen molar-refractivity contribution in [2.45, 2.75) is 30.8 Å². The summed E-state index contributed by atoms with van der Waals surface area (Å²) in [6.07, 6.45) is 0. The molecule has 3 rings (SSSR count). The molecule has 0 unspecified atom stereocenters. The van der Waals surface area contributed by atoms with Gasteiger partial charge in [-0.15, -0.1) is 10.2 Å². The van der Waals surface area contributed by atoms with Gasteiger partial charge in [0.25, 0.3) is 0 Å². The Bertz CT molecular complexity index is 978. The molecule has 0 aliphatic carbocycles. The molecule has 0 aliphatic rings. The van der Waals surface area contributed by atoms with E-state index in [9.17, 15) is 4.79 Å². The average Bonchev–Trinajstić information content (AvgIpc) is 3.02. The smallest absolute Gasteiger partial charge is 0.237 e. The highest BCUT2D eigenvalue weighted by Gasteiger charge is 2.20. The normalized spacial score (nSPS) is 11.6. The van der Waals surface area contributed by atoms with Crippen LogP contribution in [0, 0.1) is 18.3 Å². The van der Waals surface area contributed by atoms with Crippen LogP contribution in [0.3, 0.4) is 0 Å². The van der Waals surface area contributed by atoms with Crippen LogP contribution in [-0.2, 0) is 11.3 Å². The molecule has 3 aromatic rings. The summed E-state index contributed by atoms with van der Waals surface area (Å²) in [7, 11) is 0. The third kappa shape index (κ3) is 4.54. The Morgan fingerprint density at radius 1 is 1.19 bits per heavy atom. The molecule has 27 heavy (non-hydrogen) atoms. The number of anilines is 1. The summed E-state index contributed by atoms with van der Waals surface area (Å²) in [4.78, 5) is 12.6. The summed E-state index contributed by atoms with van der Waals surface area (Å²) in [6.45, 7) is 4.35. The van der Waals surface area contributed by atoms with E-state index >= 15 is 0 Å². The van der Waals surface area contributed by atoms with Gasteiger partial charge >= 0.3 is 0 Å². The van der Waals surface area contributed by atoms with Crippen LogP contribution in [0.2, 0.25) is 0 Å². The molecule has 0 saturated carbocycles. The molecule has 136 valence electrons. The van der Waals surface area contributed by atoms with Gasteiger partial charge in [-0.05, 0) is 31.5 Å². The molecule has 0 bridgehead atoms. The highest BCUT2D eigenvalue weighted by molar-refractivity contribution is 8.00. The molecule has 7 heteroatoms. The molecule has 0 aliphatic heterocycles. The number of rotatable bonds is 6. The third-order valence-electron chi connectivity index (χ3n) is 4.04. The van der Waals surface area contributed by atoms with Crippen LogP contribution >= 0.6 is 11.8 Å². The minimum absolute atomic E-state index is 0.186. The molecule has 0 radical (unpaired) electrons. The van der Waals surface area contributed by atoms with Gasteiger partial charge in [0, 0.05) is 0 Å². The van der Waals surface area contributed by atoms with E-state index in [4.69, 9.17) is 5.26 Å². The Hall–Kier alpha value is -3.11. The largest absolute Gasteiger partial charge is 0.324 e. The summed E-state index contributed by atoms with van der Waals surface area (Å²) in [6, 6.07) is 19.1. The first-order valence-corrected chi connectivity index (χ1v) is 9.37. The van der Waals surface area contributed by atoms with Crippen LogP contribution in [0.5, 0.6) is 0 Å². The first kappa shape index (κ1) is 18.7. The van der Waals surface area contributed by atoms with Gasteiger partial charge in [-0.3, -0.25) is 4.79 Å². The number of amides is 1. The van der Waals surface area contributed by atoms with Gasteiger partial charge in [-0.2, -0.15) is 5.26 Å². The summed E-state index contributed by atoms with van der Waals surface area (Å²) in [5.74, 6) is 0.610. The topological polar surface area (TPSA) is 83.6 Å². The van der Waals surface area contributed by atoms with Crippen LogP contribution in [-0.4, -0.2) is 25.9 Å². The number of carbonyl (C=O) groups is 1. The Morgan fingerprint density at radius 3 is 2.63 bits per heavy atom. The van der Waals surface area contributed by atoms with E-state index in [0.29, 0.717) is 23.0 Å². The van der Waals surface area contributed by atoms with Crippen molar-refractivity contribution in [3.05, 3.63) is 71.5 Å². The first-order valence-electron chi connectivity index (χ1n) is 8.49. The van der Waals surface area contributed by atoms with Gasteiger partial charge in [0.2, 0.25) is 5.91 Å². The Balaban J connectivity index is 1.72. The van der Waals surface area contributed by atoms with Gasteiger partial charge in [0.1, 0.15) is 11.9 Å². The van der Waals surface area contributed by atoms with Crippen molar-refractivity contribution < 1.29 is 4.79 Å². The minimum Gasteiger partial charge on any atom is -0.324 e. The number of nitrogens with zero attached hydrogens (tertiary/aromatic N) is 4. The standard InChI is InChI=1S/C20H19N5OS/c1-14(19(26)22-18-11-7-6-10-17(18)12-21)27-20-24-23-15(2)25(20)13-16-8-4-3-5-9-16/h3-11,14H,13H2,1-2H3,(H,22,26)/t14-/m1/s1. The van der Waals surface area contributed by atoms with Gasteiger partial charge in [-0.25, -0.2) is 0 Å². The number of nitriles is 1. The van der Waals surface area contributed by atoms with E-state index in [2.05, 4.69) is 21.6 Å². The summed E-state index contributed by atoms with van der Waals surface area (Å²) in [5, 5.41) is 20.6. The molecule has 0 saturated heterocycles. The van der Waals surface area contributed by atoms with Crippen molar-refractivity contribution in [3.8, 4) is 6.07 Å². The molecule has 2 aromatic carbocycles. The van der Waals surface area contributed by atoms with E-state index in [-0.39, 0.29) is 5.91 Å². The third-order valence-corrected chi connectivity index (χ3v) is 5.12. The second-order valence-corrected chi connectivity index (χ2v) is 7.32. The molecular formula is C20H19N5OS. The molecule has 0 fully saturated rings. The van der Waals surface area contributed by atoms with Gasteiger partial charge in [0.05, 0.1) is 23.0 Å². The quantitative estimate of drug-likeness (QED) is 0.663. The van der Waals surface area contributed by atoms with Gasteiger partial charge in [0.15, 0.2) is 5.16 Å².